The molecule has 1 saturated carbocycles. The van der Waals surface area contributed by atoms with Gasteiger partial charge in [0.05, 0.1) is 12.6 Å². The highest BCUT2D eigenvalue weighted by molar-refractivity contribution is 7.88. The minimum atomic E-state index is -4.08. The Bertz CT molecular complexity index is 413. The Morgan fingerprint density at radius 3 is 2.35 bits per heavy atom. The molecule has 0 bridgehead atoms. The molecule has 0 atom stereocenters. The Labute approximate surface area is 99.6 Å². The first-order valence-electron chi connectivity index (χ1n) is 5.05. The molecule has 0 aromatic carbocycles. The molecule has 0 radical (unpaired) electrons. The molecule has 1 aliphatic carbocycles. The molecule has 98 valence electrons. The standard InChI is InChI=1S/C8H16N4O4S/c1-16-7(13)11-17(14,15)12-8(6(9)10)4-2-3-5-8/h12H,2-5H2,1H3,(H3,9,10)(H,11,13). The van der Waals surface area contributed by atoms with Crippen LogP contribution in [0.5, 0.6) is 0 Å². The average molecular weight is 264 g/mol. The summed E-state index contributed by atoms with van der Waals surface area (Å²) in [4.78, 5) is 10.8. The van der Waals surface area contributed by atoms with Gasteiger partial charge < -0.3 is 10.5 Å². The highest BCUT2D eigenvalue weighted by atomic mass is 32.2. The van der Waals surface area contributed by atoms with Crippen LogP contribution in [0, 0.1) is 5.41 Å². The summed E-state index contributed by atoms with van der Waals surface area (Å²) in [5, 5.41) is 7.45. The first kappa shape index (κ1) is 13.7. The van der Waals surface area contributed by atoms with Crippen molar-refractivity contribution in [1.82, 2.24) is 9.44 Å². The van der Waals surface area contributed by atoms with Crippen molar-refractivity contribution in [3.05, 3.63) is 0 Å². The summed E-state index contributed by atoms with van der Waals surface area (Å²) in [6.07, 6.45) is 1.37. The number of nitrogens with one attached hydrogen (secondary N) is 3. The number of hydrogen-bond donors (Lipinski definition) is 4. The van der Waals surface area contributed by atoms with E-state index < -0.39 is 21.8 Å². The summed E-state index contributed by atoms with van der Waals surface area (Å²) in [7, 11) is -3.02. The monoisotopic (exact) mass is 264 g/mol. The number of amidine groups is 1. The Kier molecular flexibility index (Phi) is 3.94. The van der Waals surface area contributed by atoms with Gasteiger partial charge in [-0.2, -0.15) is 13.1 Å². The second kappa shape index (κ2) is 4.88. The second-order valence-corrected chi connectivity index (χ2v) is 5.32. The lowest BCUT2D eigenvalue weighted by Gasteiger charge is -2.28. The zero-order valence-corrected chi connectivity index (χ0v) is 10.3. The van der Waals surface area contributed by atoms with Crippen molar-refractivity contribution >= 4 is 22.1 Å². The zero-order valence-electron chi connectivity index (χ0n) is 9.45. The molecule has 5 N–H and O–H groups in total. The third-order valence-corrected chi connectivity index (χ3v) is 3.80. The quantitative estimate of drug-likeness (QED) is 0.398. The van der Waals surface area contributed by atoms with E-state index in [4.69, 9.17) is 11.1 Å². The van der Waals surface area contributed by atoms with E-state index in [1.165, 1.54) is 0 Å². The molecule has 9 heteroatoms. The van der Waals surface area contributed by atoms with Crippen LogP contribution >= 0.6 is 0 Å². The van der Waals surface area contributed by atoms with Gasteiger partial charge in [0, 0.05) is 0 Å². The summed E-state index contributed by atoms with van der Waals surface area (Å²) in [6.45, 7) is 0. The van der Waals surface area contributed by atoms with E-state index in [-0.39, 0.29) is 5.84 Å². The van der Waals surface area contributed by atoms with E-state index >= 15 is 0 Å². The molecule has 0 aromatic rings. The van der Waals surface area contributed by atoms with Crippen LogP contribution in [0.3, 0.4) is 0 Å². The van der Waals surface area contributed by atoms with Crippen LogP contribution in [0.15, 0.2) is 0 Å². The Balaban J connectivity index is 2.81. The van der Waals surface area contributed by atoms with Gasteiger partial charge in [-0.25, -0.2) is 9.52 Å². The number of carbonyl (C=O) groups excluding carboxylic acids is 1. The van der Waals surface area contributed by atoms with Crippen LogP contribution in [0.4, 0.5) is 4.79 Å². The largest absolute Gasteiger partial charge is 0.452 e. The van der Waals surface area contributed by atoms with Crippen molar-refractivity contribution in [2.75, 3.05) is 7.11 Å². The molecule has 8 nitrogen and oxygen atoms in total. The molecule has 0 saturated heterocycles. The summed E-state index contributed by atoms with van der Waals surface area (Å²) in [5.74, 6) is -0.245. The highest BCUT2D eigenvalue weighted by Gasteiger charge is 2.41. The van der Waals surface area contributed by atoms with Gasteiger partial charge in [-0.05, 0) is 12.8 Å². The number of amides is 1. The fourth-order valence-corrected chi connectivity index (χ4v) is 3.02. The van der Waals surface area contributed by atoms with E-state index in [2.05, 4.69) is 9.46 Å². The van der Waals surface area contributed by atoms with Crippen molar-refractivity contribution in [2.24, 2.45) is 5.73 Å². The van der Waals surface area contributed by atoms with Crippen molar-refractivity contribution in [3.63, 3.8) is 0 Å². The van der Waals surface area contributed by atoms with Crippen LogP contribution in [0.25, 0.3) is 0 Å². The molecule has 0 unspecified atom stereocenters. The van der Waals surface area contributed by atoms with E-state index in [9.17, 15) is 13.2 Å². The predicted octanol–water partition coefficient (Wildman–Crippen LogP) is -0.574. The van der Waals surface area contributed by atoms with Gasteiger partial charge in [0.25, 0.3) is 0 Å². The molecular weight excluding hydrogens is 248 g/mol. The van der Waals surface area contributed by atoms with Gasteiger partial charge in [-0.1, -0.05) is 12.8 Å². The minimum absolute atomic E-state index is 0.245. The molecule has 0 heterocycles. The average Bonchev–Trinajstić information content (AvgIpc) is 2.65. The van der Waals surface area contributed by atoms with E-state index in [1.807, 2.05) is 0 Å². The Hall–Kier alpha value is -1.35. The maximum absolute atomic E-state index is 11.6. The fraction of sp³-hybridized carbons (Fsp3) is 0.750. The van der Waals surface area contributed by atoms with Gasteiger partial charge in [-0.15, -0.1) is 0 Å². The first-order chi connectivity index (χ1) is 7.81. The van der Waals surface area contributed by atoms with Crippen molar-refractivity contribution in [2.45, 2.75) is 31.2 Å². The second-order valence-electron chi connectivity index (χ2n) is 3.90. The lowest BCUT2D eigenvalue weighted by molar-refractivity contribution is 0.177. The van der Waals surface area contributed by atoms with Crippen LogP contribution in [0.2, 0.25) is 0 Å². The Morgan fingerprint density at radius 2 is 1.94 bits per heavy atom. The SMILES string of the molecule is COC(=O)NS(=O)(=O)NC1(C(=N)N)CCCC1. The van der Waals surface area contributed by atoms with E-state index in [1.54, 1.807) is 4.72 Å². The zero-order chi connectivity index (χ0) is 13.1. The number of hydrogen-bond acceptors (Lipinski definition) is 5. The number of ether oxygens (including phenoxy) is 1. The summed E-state index contributed by atoms with van der Waals surface area (Å²) < 4.78 is 31.3. The van der Waals surface area contributed by atoms with E-state index in [0.29, 0.717) is 12.8 Å². The molecule has 0 aromatic heterocycles. The molecular formula is C8H16N4O4S. The lowest BCUT2D eigenvalue weighted by atomic mass is 9.98. The van der Waals surface area contributed by atoms with Gasteiger partial charge in [0.2, 0.25) is 0 Å². The summed E-state index contributed by atoms with van der Waals surface area (Å²) in [5.41, 5.74) is 4.33. The number of carbonyl (C=O) groups is 1. The van der Waals surface area contributed by atoms with Gasteiger partial charge in [-0.3, -0.25) is 5.41 Å². The Morgan fingerprint density at radius 1 is 1.41 bits per heavy atom. The topological polar surface area (TPSA) is 134 Å². The molecule has 0 spiro atoms. The van der Waals surface area contributed by atoms with Crippen LogP contribution in [-0.2, 0) is 14.9 Å². The minimum Gasteiger partial charge on any atom is -0.452 e. The molecule has 1 rings (SSSR count). The predicted molar refractivity (Wildman–Crippen MR) is 60.7 cm³/mol. The fourth-order valence-electron chi connectivity index (χ4n) is 1.84. The molecule has 17 heavy (non-hydrogen) atoms. The maximum Gasteiger partial charge on any atom is 0.421 e. The highest BCUT2D eigenvalue weighted by Crippen LogP contribution is 2.29. The smallest absolute Gasteiger partial charge is 0.421 e. The lowest BCUT2D eigenvalue weighted by Crippen LogP contribution is -2.58. The van der Waals surface area contributed by atoms with Crippen molar-refractivity contribution in [1.29, 1.82) is 5.41 Å². The summed E-state index contributed by atoms with van der Waals surface area (Å²) in [6, 6.07) is 0. The number of methoxy groups -OCH3 is 1. The van der Waals surface area contributed by atoms with Crippen LogP contribution < -0.4 is 15.2 Å². The van der Waals surface area contributed by atoms with Gasteiger partial charge in [0.1, 0.15) is 5.84 Å². The third kappa shape index (κ3) is 3.30. The molecule has 1 amide bonds. The molecule has 1 aliphatic rings. The van der Waals surface area contributed by atoms with Crippen LogP contribution in [0.1, 0.15) is 25.7 Å². The van der Waals surface area contributed by atoms with Gasteiger partial charge in [0.15, 0.2) is 0 Å². The van der Waals surface area contributed by atoms with E-state index in [0.717, 1.165) is 20.0 Å². The molecule has 0 aliphatic heterocycles. The van der Waals surface area contributed by atoms with Crippen molar-refractivity contribution < 1.29 is 17.9 Å². The van der Waals surface area contributed by atoms with Gasteiger partial charge >= 0.3 is 16.3 Å². The maximum atomic E-state index is 11.6. The summed E-state index contributed by atoms with van der Waals surface area (Å²) >= 11 is 0. The normalized spacial score (nSPS) is 18.6. The first-order valence-corrected chi connectivity index (χ1v) is 6.54. The number of rotatable bonds is 4. The molecule has 1 fully saturated rings. The number of nitrogens with two attached hydrogens (primary N) is 1. The van der Waals surface area contributed by atoms with Crippen molar-refractivity contribution in [3.8, 4) is 0 Å². The third-order valence-electron chi connectivity index (χ3n) is 2.71. The van der Waals surface area contributed by atoms with Crippen LogP contribution in [-0.4, -0.2) is 33.0 Å².